The first kappa shape index (κ1) is 14.7. The van der Waals surface area contributed by atoms with E-state index in [-0.39, 0.29) is 11.3 Å². The summed E-state index contributed by atoms with van der Waals surface area (Å²) in [6.45, 7) is 2.14. The van der Waals surface area contributed by atoms with Crippen LogP contribution < -0.4 is 0 Å². The lowest BCUT2D eigenvalue weighted by Gasteiger charge is -2.22. The van der Waals surface area contributed by atoms with E-state index in [0.717, 1.165) is 12.0 Å². The molecule has 2 unspecified atom stereocenters. The van der Waals surface area contributed by atoms with Crippen LogP contribution in [0.2, 0.25) is 10.0 Å². The molecule has 0 aliphatic carbocycles. The standard InChI is InChI=1S/C16H15Cl3/c1-2-13(11-6-4-3-5-7-11)16(19)12-8-9-14(17)15(18)10-12/h3-10,13,16H,2H2,1H3. The molecule has 2 aromatic rings. The summed E-state index contributed by atoms with van der Waals surface area (Å²) in [6, 6.07) is 15.9. The van der Waals surface area contributed by atoms with E-state index >= 15 is 0 Å². The van der Waals surface area contributed by atoms with Gasteiger partial charge in [-0.3, -0.25) is 0 Å². The molecule has 0 radical (unpaired) electrons. The molecule has 0 aliphatic rings. The summed E-state index contributed by atoms with van der Waals surface area (Å²) in [5, 5.41) is 0.997. The molecule has 0 saturated carbocycles. The van der Waals surface area contributed by atoms with Crippen LogP contribution in [0.15, 0.2) is 48.5 Å². The highest BCUT2D eigenvalue weighted by molar-refractivity contribution is 6.42. The Hall–Kier alpha value is -0.690. The zero-order valence-electron chi connectivity index (χ0n) is 10.6. The normalized spacial score (nSPS) is 14.1. The minimum atomic E-state index is -0.109. The molecule has 3 heteroatoms. The lowest BCUT2D eigenvalue weighted by molar-refractivity contribution is 0.640. The molecule has 0 spiro atoms. The fraction of sp³-hybridized carbons (Fsp3) is 0.250. The van der Waals surface area contributed by atoms with Crippen molar-refractivity contribution in [3.8, 4) is 0 Å². The van der Waals surface area contributed by atoms with Crippen molar-refractivity contribution < 1.29 is 0 Å². The predicted octanol–water partition coefficient (Wildman–Crippen LogP) is 6.47. The molecule has 2 atom stereocenters. The van der Waals surface area contributed by atoms with E-state index in [1.165, 1.54) is 5.56 Å². The summed E-state index contributed by atoms with van der Waals surface area (Å²) >= 11 is 18.6. The van der Waals surface area contributed by atoms with Gasteiger partial charge in [-0.2, -0.15) is 0 Å². The molecule has 0 bridgehead atoms. The van der Waals surface area contributed by atoms with Crippen molar-refractivity contribution in [1.29, 1.82) is 0 Å². The van der Waals surface area contributed by atoms with Crippen molar-refractivity contribution in [2.45, 2.75) is 24.6 Å². The topological polar surface area (TPSA) is 0 Å². The van der Waals surface area contributed by atoms with Gasteiger partial charge in [0, 0.05) is 5.92 Å². The van der Waals surface area contributed by atoms with Gasteiger partial charge >= 0.3 is 0 Å². The quantitative estimate of drug-likeness (QED) is 0.568. The van der Waals surface area contributed by atoms with Crippen molar-refractivity contribution >= 4 is 34.8 Å². The third-order valence-electron chi connectivity index (χ3n) is 3.28. The van der Waals surface area contributed by atoms with Crippen molar-refractivity contribution in [2.24, 2.45) is 0 Å². The van der Waals surface area contributed by atoms with Gasteiger partial charge in [-0.15, -0.1) is 11.6 Å². The molecule has 0 aliphatic heterocycles. The SMILES string of the molecule is CCC(c1ccccc1)C(Cl)c1ccc(Cl)c(Cl)c1. The molecular formula is C16H15Cl3. The van der Waals surface area contributed by atoms with Crippen LogP contribution in [0, 0.1) is 0 Å². The number of alkyl halides is 1. The van der Waals surface area contributed by atoms with Crippen LogP contribution in [0.3, 0.4) is 0 Å². The zero-order valence-corrected chi connectivity index (χ0v) is 12.9. The van der Waals surface area contributed by atoms with Crippen molar-refractivity contribution in [3.63, 3.8) is 0 Å². The second kappa shape index (κ2) is 6.65. The van der Waals surface area contributed by atoms with Crippen LogP contribution in [0.25, 0.3) is 0 Å². The van der Waals surface area contributed by atoms with Crippen molar-refractivity contribution in [2.75, 3.05) is 0 Å². The fourth-order valence-electron chi connectivity index (χ4n) is 2.23. The highest BCUT2D eigenvalue weighted by Crippen LogP contribution is 2.40. The van der Waals surface area contributed by atoms with Gasteiger partial charge < -0.3 is 0 Å². The Labute approximate surface area is 129 Å². The third kappa shape index (κ3) is 3.45. The van der Waals surface area contributed by atoms with Gasteiger partial charge in [0.1, 0.15) is 0 Å². The van der Waals surface area contributed by atoms with E-state index in [4.69, 9.17) is 34.8 Å². The van der Waals surface area contributed by atoms with Crippen molar-refractivity contribution in [1.82, 2.24) is 0 Å². The maximum Gasteiger partial charge on any atom is 0.0654 e. The fourth-order valence-corrected chi connectivity index (χ4v) is 2.99. The number of halogens is 3. The Balaban J connectivity index is 2.30. The van der Waals surface area contributed by atoms with Crippen LogP contribution >= 0.6 is 34.8 Å². The summed E-state index contributed by atoms with van der Waals surface area (Å²) in [5.41, 5.74) is 2.25. The average molecular weight is 314 g/mol. The molecule has 0 N–H and O–H groups in total. The number of benzene rings is 2. The lowest BCUT2D eigenvalue weighted by Crippen LogP contribution is -2.05. The molecule has 0 fully saturated rings. The van der Waals surface area contributed by atoms with E-state index in [0.29, 0.717) is 10.0 Å². The van der Waals surface area contributed by atoms with E-state index < -0.39 is 0 Å². The minimum Gasteiger partial charge on any atom is -0.117 e. The van der Waals surface area contributed by atoms with Crippen molar-refractivity contribution in [3.05, 3.63) is 69.7 Å². The number of hydrogen-bond acceptors (Lipinski definition) is 0. The smallest absolute Gasteiger partial charge is 0.0654 e. The van der Waals surface area contributed by atoms with Crippen LogP contribution in [0.4, 0.5) is 0 Å². The molecule has 0 heterocycles. The predicted molar refractivity (Wildman–Crippen MR) is 84.5 cm³/mol. The first-order chi connectivity index (χ1) is 9.13. The summed E-state index contributed by atoms with van der Waals surface area (Å²) < 4.78 is 0. The van der Waals surface area contributed by atoms with Crippen LogP contribution in [0.1, 0.15) is 35.8 Å². The second-order valence-electron chi connectivity index (χ2n) is 4.50. The molecule has 2 aromatic carbocycles. The molecule has 0 aromatic heterocycles. The first-order valence-corrected chi connectivity index (χ1v) is 7.46. The Morgan fingerprint density at radius 1 is 0.895 bits per heavy atom. The highest BCUT2D eigenvalue weighted by atomic mass is 35.5. The van der Waals surface area contributed by atoms with Gasteiger partial charge in [-0.25, -0.2) is 0 Å². The molecule has 0 nitrogen and oxygen atoms in total. The number of rotatable bonds is 4. The number of hydrogen-bond donors (Lipinski definition) is 0. The van der Waals surface area contributed by atoms with Crippen LogP contribution in [0.5, 0.6) is 0 Å². The zero-order chi connectivity index (χ0) is 13.8. The Kier molecular flexibility index (Phi) is 5.15. The van der Waals surface area contributed by atoms with E-state index in [1.54, 1.807) is 6.07 Å². The third-order valence-corrected chi connectivity index (χ3v) is 4.58. The summed E-state index contributed by atoms with van der Waals surface area (Å²) in [5.74, 6) is 0.264. The summed E-state index contributed by atoms with van der Waals surface area (Å²) in [4.78, 5) is 0. The van der Waals surface area contributed by atoms with Gasteiger partial charge in [0.2, 0.25) is 0 Å². The molecule has 0 amide bonds. The summed E-state index contributed by atoms with van der Waals surface area (Å²) in [6.07, 6.45) is 0.971. The molecule has 100 valence electrons. The molecule has 19 heavy (non-hydrogen) atoms. The van der Waals surface area contributed by atoms with Gasteiger partial charge in [0.15, 0.2) is 0 Å². The Bertz CT molecular complexity index is 537. The maximum absolute atomic E-state index is 6.63. The Morgan fingerprint density at radius 3 is 2.16 bits per heavy atom. The van der Waals surface area contributed by atoms with Crippen LogP contribution in [-0.2, 0) is 0 Å². The molecule has 2 rings (SSSR count). The van der Waals surface area contributed by atoms with E-state index in [1.807, 2.05) is 30.3 Å². The Morgan fingerprint density at radius 2 is 1.58 bits per heavy atom. The van der Waals surface area contributed by atoms with Gasteiger partial charge in [0.25, 0.3) is 0 Å². The minimum absolute atomic E-state index is 0.109. The first-order valence-electron chi connectivity index (χ1n) is 6.27. The summed E-state index contributed by atoms with van der Waals surface area (Å²) in [7, 11) is 0. The van der Waals surface area contributed by atoms with Gasteiger partial charge in [-0.05, 0) is 29.7 Å². The largest absolute Gasteiger partial charge is 0.117 e. The van der Waals surface area contributed by atoms with Gasteiger partial charge in [0.05, 0.1) is 15.4 Å². The maximum atomic E-state index is 6.63. The van der Waals surface area contributed by atoms with Crippen LogP contribution in [-0.4, -0.2) is 0 Å². The molecular weight excluding hydrogens is 299 g/mol. The van der Waals surface area contributed by atoms with E-state index in [9.17, 15) is 0 Å². The monoisotopic (exact) mass is 312 g/mol. The lowest BCUT2D eigenvalue weighted by atomic mass is 9.89. The van der Waals surface area contributed by atoms with Gasteiger partial charge in [-0.1, -0.05) is 66.5 Å². The molecule has 0 saturated heterocycles. The second-order valence-corrected chi connectivity index (χ2v) is 5.79. The van der Waals surface area contributed by atoms with E-state index in [2.05, 4.69) is 19.1 Å². The highest BCUT2D eigenvalue weighted by Gasteiger charge is 2.21. The average Bonchev–Trinajstić information content (AvgIpc) is 2.44.